The summed E-state index contributed by atoms with van der Waals surface area (Å²) in [5.74, 6) is 1.74. The van der Waals surface area contributed by atoms with E-state index < -0.39 is 42.5 Å². The second-order valence-electron chi connectivity index (χ2n) is 9.42. The Bertz CT molecular complexity index is 1060. The summed E-state index contributed by atoms with van der Waals surface area (Å²) in [5.41, 5.74) is -4.20. The molecular weight excluding hydrogens is 528 g/mol. The van der Waals surface area contributed by atoms with Crippen molar-refractivity contribution in [3.8, 4) is 34.5 Å². The van der Waals surface area contributed by atoms with Crippen LogP contribution in [0.5, 0.6) is 34.5 Å². The molecule has 0 aliphatic carbocycles. The summed E-state index contributed by atoms with van der Waals surface area (Å²) >= 11 is 0. The molecular formula is C28H42O12. The fourth-order valence-corrected chi connectivity index (χ4v) is 4.77. The predicted octanol–water partition coefficient (Wildman–Crippen LogP) is 0.471. The zero-order valence-corrected chi connectivity index (χ0v) is 24.0. The Kier molecular flexibility index (Phi) is 11.7. The first-order valence-electron chi connectivity index (χ1n) is 12.6. The van der Waals surface area contributed by atoms with E-state index >= 15 is 0 Å². The van der Waals surface area contributed by atoms with Gasteiger partial charge in [0.25, 0.3) is 0 Å². The second kappa shape index (κ2) is 14.1. The summed E-state index contributed by atoms with van der Waals surface area (Å²) < 4.78 is 32.4. The van der Waals surface area contributed by atoms with Crippen molar-refractivity contribution in [1.82, 2.24) is 0 Å². The number of benzene rings is 2. The molecule has 6 N–H and O–H groups in total. The van der Waals surface area contributed by atoms with E-state index in [9.17, 15) is 30.6 Å². The van der Waals surface area contributed by atoms with Gasteiger partial charge in [-0.1, -0.05) is 6.92 Å². The Hall–Kier alpha value is -3.00. The summed E-state index contributed by atoms with van der Waals surface area (Å²) in [5, 5.41) is 66.6. The standard InChI is InChI=1S/C28H42O12/c1-8-27(33,13-18-21(37-4)9-16(35-2)10-22(18)38-5)26(32)28(34,25(31)20(30)15-29)14-19-23(39-6)11-17(36-3)12-24(19)40-7/h9-12,20,25-26,29-34H,8,13-15H2,1-7H3/t20-,25+,26+,27?,28+/m0/s1. The lowest BCUT2D eigenvalue weighted by Gasteiger charge is -2.46. The zero-order valence-electron chi connectivity index (χ0n) is 24.0. The summed E-state index contributed by atoms with van der Waals surface area (Å²) in [7, 11) is 8.49. The van der Waals surface area contributed by atoms with Crippen LogP contribution in [0, 0.1) is 0 Å². The van der Waals surface area contributed by atoms with Crippen LogP contribution < -0.4 is 28.4 Å². The van der Waals surface area contributed by atoms with Crippen molar-refractivity contribution in [3.63, 3.8) is 0 Å². The summed E-state index contributed by atoms with van der Waals surface area (Å²) in [4.78, 5) is 0. The molecule has 5 atom stereocenters. The van der Waals surface area contributed by atoms with Crippen LogP contribution in [-0.2, 0) is 12.8 Å². The number of rotatable bonds is 16. The van der Waals surface area contributed by atoms with Gasteiger partial charge in [-0.2, -0.15) is 0 Å². The lowest BCUT2D eigenvalue weighted by molar-refractivity contribution is -0.229. The third-order valence-corrected chi connectivity index (χ3v) is 7.24. The van der Waals surface area contributed by atoms with Crippen LogP contribution >= 0.6 is 0 Å². The maximum atomic E-state index is 12.0. The fourth-order valence-electron chi connectivity index (χ4n) is 4.77. The quantitative estimate of drug-likeness (QED) is 0.165. The predicted molar refractivity (Wildman–Crippen MR) is 145 cm³/mol. The second-order valence-corrected chi connectivity index (χ2v) is 9.42. The van der Waals surface area contributed by atoms with Crippen LogP contribution in [-0.4, -0.2) is 109 Å². The van der Waals surface area contributed by atoms with E-state index in [1.165, 1.54) is 54.8 Å². The lowest BCUT2D eigenvalue weighted by atomic mass is 9.71. The first-order chi connectivity index (χ1) is 18.9. The molecule has 0 heterocycles. The molecule has 0 aliphatic rings. The molecule has 1 unspecified atom stereocenters. The molecule has 0 saturated carbocycles. The number of ether oxygens (including phenoxy) is 6. The van der Waals surface area contributed by atoms with E-state index in [1.54, 1.807) is 19.1 Å². The van der Waals surface area contributed by atoms with Gasteiger partial charge in [0.2, 0.25) is 0 Å². The molecule has 2 aromatic carbocycles. The monoisotopic (exact) mass is 570 g/mol. The van der Waals surface area contributed by atoms with Gasteiger partial charge in [0.15, 0.2) is 0 Å². The molecule has 0 spiro atoms. The summed E-state index contributed by atoms with van der Waals surface area (Å²) in [6.45, 7) is 0.646. The number of hydrogen-bond acceptors (Lipinski definition) is 12. The molecule has 2 aromatic rings. The largest absolute Gasteiger partial charge is 0.496 e. The van der Waals surface area contributed by atoms with Crippen LogP contribution in [0.4, 0.5) is 0 Å². The third-order valence-electron chi connectivity index (χ3n) is 7.24. The van der Waals surface area contributed by atoms with E-state index in [-0.39, 0.29) is 41.4 Å². The molecule has 226 valence electrons. The molecule has 40 heavy (non-hydrogen) atoms. The van der Waals surface area contributed by atoms with Crippen LogP contribution in [0.1, 0.15) is 24.5 Å². The van der Waals surface area contributed by atoms with Crippen LogP contribution in [0.2, 0.25) is 0 Å². The number of methoxy groups -OCH3 is 6. The SMILES string of the molecule is CCC(O)(Cc1c(OC)cc(OC)cc1OC)[C@@H](O)[C@@](O)(Cc1c(OC)cc(OC)cc1OC)[C@H](O)[C@@H](O)CO. The van der Waals surface area contributed by atoms with Crippen molar-refractivity contribution in [2.24, 2.45) is 0 Å². The molecule has 0 aromatic heterocycles. The Morgan fingerprint density at radius 2 is 1.02 bits per heavy atom. The molecule has 2 rings (SSSR count). The number of aliphatic hydroxyl groups excluding tert-OH is 4. The average Bonchev–Trinajstić information content (AvgIpc) is 2.99. The van der Waals surface area contributed by atoms with Gasteiger partial charge in [-0.05, 0) is 6.42 Å². The molecule has 12 nitrogen and oxygen atoms in total. The molecule has 12 heteroatoms. The van der Waals surface area contributed by atoms with Crippen molar-refractivity contribution in [3.05, 3.63) is 35.4 Å². The van der Waals surface area contributed by atoms with E-state index in [4.69, 9.17) is 28.4 Å². The van der Waals surface area contributed by atoms with Crippen molar-refractivity contribution >= 4 is 0 Å². The van der Waals surface area contributed by atoms with Gasteiger partial charge in [-0.25, -0.2) is 0 Å². The van der Waals surface area contributed by atoms with Crippen molar-refractivity contribution in [1.29, 1.82) is 0 Å². The van der Waals surface area contributed by atoms with Crippen molar-refractivity contribution in [2.75, 3.05) is 49.3 Å². The van der Waals surface area contributed by atoms with E-state index in [2.05, 4.69) is 0 Å². The van der Waals surface area contributed by atoms with E-state index in [0.29, 0.717) is 17.1 Å². The number of aliphatic hydroxyl groups is 6. The topological polar surface area (TPSA) is 177 Å². The Labute approximate surface area is 234 Å². The minimum absolute atomic E-state index is 0.117. The van der Waals surface area contributed by atoms with Gasteiger partial charge in [-0.3, -0.25) is 0 Å². The lowest BCUT2D eigenvalue weighted by Crippen LogP contribution is -2.66. The Morgan fingerprint density at radius 1 is 0.650 bits per heavy atom. The van der Waals surface area contributed by atoms with Crippen LogP contribution in [0.3, 0.4) is 0 Å². The van der Waals surface area contributed by atoms with E-state index in [1.807, 2.05) is 0 Å². The molecule has 0 bridgehead atoms. The van der Waals surface area contributed by atoms with Crippen LogP contribution in [0.15, 0.2) is 24.3 Å². The molecule has 0 aliphatic heterocycles. The van der Waals surface area contributed by atoms with Gasteiger partial charge in [0, 0.05) is 48.2 Å². The highest BCUT2D eigenvalue weighted by Gasteiger charge is 2.54. The van der Waals surface area contributed by atoms with E-state index in [0.717, 1.165) is 0 Å². The summed E-state index contributed by atoms with van der Waals surface area (Å²) in [6, 6.07) is 6.17. The zero-order chi connectivity index (χ0) is 30.3. The maximum absolute atomic E-state index is 12.0. The highest BCUT2D eigenvalue weighted by Crippen LogP contribution is 2.43. The average molecular weight is 571 g/mol. The van der Waals surface area contributed by atoms with Gasteiger partial charge >= 0.3 is 0 Å². The molecule has 0 amide bonds. The van der Waals surface area contributed by atoms with Crippen LogP contribution in [0.25, 0.3) is 0 Å². The highest BCUT2D eigenvalue weighted by atomic mass is 16.5. The fraction of sp³-hybridized carbons (Fsp3) is 0.571. The number of hydrogen-bond donors (Lipinski definition) is 6. The van der Waals surface area contributed by atoms with Crippen molar-refractivity contribution in [2.45, 2.75) is 55.7 Å². The molecule has 0 saturated heterocycles. The molecule has 0 fully saturated rings. The normalized spacial score (nSPS) is 16.6. The highest BCUT2D eigenvalue weighted by molar-refractivity contribution is 5.53. The molecule has 0 radical (unpaired) electrons. The van der Waals surface area contributed by atoms with Gasteiger partial charge in [0.1, 0.15) is 58.4 Å². The minimum atomic E-state index is -2.64. The third kappa shape index (κ3) is 6.65. The smallest absolute Gasteiger partial charge is 0.129 e. The van der Waals surface area contributed by atoms with Gasteiger partial charge in [0.05, 0.1) is 54.9 Å². The van der Waals surface area contributed by atoms with Gasteiger partial charge < -0.3 is 59.1 Å². The Balaban J connectivity index is 2.72. The summed E-state index contributed by atoms with van der Waals surface area (Å²) in [6.07, 6.45) is -7.09. The van der Waals surface area contributed by atoms with Gasteiger partial charge in [-0.15, -0.1) is 0 Å². The van der Waals surface area contributed by atoms with Crippen molar-refractivity contribution < 1.29 is 59.1 Å². The Morgan fingerprint density at radius 3 is 1.32 bits per heavy atom. The first kappa shape index (κ1) is 33.2. The first-order valence-corrected chi connectivity index (χ1v) is 12.6. The minimum Gasteiger partial charge on any atom is -0.496 e. The maximum Gasteiger partial charge on any atom is 0.129 e.